The first kappa shape index (κ1) is 39.6. The zero-order valence-corrected chi connectivity index (χ0v) is 31.9. The molecule has 0 radical (unpaired) electrons. The SMILES string of the molecule is CC1(C(=O)O)C[C@@H](Cc2ccc(-c3ccccc3)cc2)NC1=O.CCOC(=O)C1(C)C[C@@H](Cc2ccc(-c3ccccc3)cc2)N(C(=O)C(C)(C)C)C1=O. The van der Waals surface area contributed by atoms with Gasteiger partial charge in [-0.15, -0.1) is 0 Å². The van der Waals surface area contributed by atoms with Crippen LogP contribution < -0.4 is 5.32 Å². The van der Waals surface area contributed by atoms with Crippen LogP contribution >= 0.6 is 0 Å². The summed E-state index contributed by atoms with van der Waals surface area (Å²) in [5.41, 5.74) is 3.25. The molecule has 2 aliphatic heterocycles. The van der Waals surface area contributed by atoms with E-state index >= 15 is 0 Å². The van der Waals surface area contributed by atoms with Crippen molar-refractivity contribution < 1.29 is 33.8 Å². The fourth-order valence-corrected chi connectivity index (χ4v) is 7.10. The molecule has 0 aromatic heterocycles. The van der Waals surface area contributed by atoms with Gasteiger partial charge in [-0.2, -0.15) is 0 Å². The zero-order chi connectivity index (χ0) is 39.3. The van der Waals surface area contributed by atoms with Crippen LogP contribution in [0.25, 0.3) is 22.3 Å². The number of amides is 3. The van der Waals surface area contributed by atoms with Gasteiger partial charge in [-0.25, -0.2) is 0 Å². The highest BCUT2D eigenvalue weighted by Gasteiger charge is 2.57. The molecule has 2 N–H and O–H groups in total. The van der Waals surface area contributed by atoms with Crippen molar-refractivity contribution >= 4 is 29.7 Å². The average Bonchev–Trinajstić information content (AvgIpc) is 3.59. The van der Waals surface area contributed by atoms with E-state index < -0.39 is 46.0 Å². The second-order valence-electron chi connectivity index (χ2n) is 15.7. The molecule has 3 amide bonds. The van der Waals surface area contributed by atoms with E-state index in [4.69, 9.17) is 4.74 Å². The van der Waals surface area contributed by atoms with Crippen molar-refractivity contribution in [3.8, 4) is 22.3 Å². The molecule has 4 aromatic carbocycles. The number of esters is 1. The molecule has 9 heteroatoms. The number of imide groups is 1. The minimum absolute atomic E-state index is 0.133. The molecule has 2 heterocycles. The summed E-state index contributed by atoms with van der Waals surface area (Å²) in [5, 5.41) is 12.0. The van der Waals surface area contributed by atoms with E-state index in [0.29, 0.717) is 19.3 Å². The number of rotatable bonds is 9. The normalized spacial score (nSPS) is 22.2. The summed E-state index contributed by atoms with van der Waals surface area (Å²) in [6, 6.07) is 36.0. The molecule has 4 aromatic rings. The average molecular weight is 731 g/mol. The first-order valence-corrected chi connectivity index (χ1v) is 18.4. The van der Waals surface area contributed by atoms with Crippen LogP contribution in [0.1, 0.15) is 65.5 Å². The second-order valence-corrected chi connectivity index (χ2v) is 15.7. The third-order valence-corrected chi connectivity index (χ3v) is 10.3. The van der Waals surface area contributed by atoms with Crippen molar-refractivity contribution in [2.45, 2.75) is 79.3 Å². The summed E-state index contributed by atoms with van der Waals surface area (Å²) < 4.78 is 5.18. The Bertz CT molecular complexity index is 1970. The van der Waals surface area contributed by atoms with Crippen LogP contribution in [0, 0.1) is 16.2 Å². The van der Waals surface area contributed by atoms with Gasteiger partial charge in [0.1, 0.15) is 10.8 Å². The minimum atomic E-state index is -1.34. The maximum Gasteiger partial charge on any atom is 0.321 e. The van der Waals surface area contributed by atoms with Gasteiger partial charge < -0.3 is 15.2 Å². The Balaban J connectivity index is 0.000000217. The van der Waals surface area contributed by atoms with Gasteiger partial charge in [-0.3, -0.25) is 28.9 Å². The number of carboxylic acids is 1. The van der Waals surface area contributed by atoms with Crippen molar-refractivity contribution in [2.24, 2.45) is 16.2 Å². The molecule has 6 rings (SSSR count). The number of carboxylic acid groups (broad SMARTS) is 1. The van der Waals surface area contributed by atoms with Gasteiger partial charge in [-0.1, -0.05) is 130 Å². The van der Waals surface area contributed by atoms with Crippen molar-refractivity contribution in [1.82, 2.24) is 10.2 Å². The summed E-state index contributed by atoms with van der Waals surface area (Å²) in [6.45, 7) is 10.3. The lowest BCUT2D eigenvalue weighted by molar-refractivity contribution is -0.162. The molecular formula is C45H50N2O7. The van der Waals surface area contributed by atoms with E-state index in [9.17, 15) is 29.1 Å². The highest BCUT2D eigenvalue weighted by molar-refractivity contribution is 6.11. The molecule has 9 nitrogen and oxygen atoms in total. The van der Waals surface area contributed by atoms with Gasteiger partial charge >= 0.3 is 11.9 Å². The maximum atomic E-state index is 13.3. The Hall–Kier alpha value is -5.57. The Morgan fingerprint density at radius 2 is 1.19 bits per heavy atom. The summed E-state index contributed by atoms with van der Waals surface area (Å²) in [4.78, 5) is 63.5. The fourth-order valence-electron chi connectivity index (χ4n) is 7.10. The quantitative estimate of drug-likeness (QED) is 0.135. The van der Waals surface area contributed by atoms with E-state index in [1.165, 1.54) is 11.8 Å². The monoisotopic (exact) mass is 730 g/mol. The third-order valence-electron chi connectivity index (χ3n) is 10.3. The summed E-state index contributed by atoms with van der Waals surface area (Å²) >= 11 is 0. The van der Waals surface area contributed by atoms with Gasteiger partial charge in [0.25, 0.3) is 0 Å². The summed E-state index contributed by atoms with van der Waals surface area (Å²) in [6.07, 6.45) is 1.72. The minimum Gasteiger partial charge on any atom is -0.480 e. The molecule has 0 bridgehead atoms. The van der Waals surface area contributed by atoms with E-state index in [2.05, 4.69) is 41.7 Å². The van der Waals surface area contributed by atoms with Gasteiger partial charge in [0, 0.05) is 17.5 Å². The number of carbonyl (C=O) groups excluding carboxylic acids is 4. The van der Waals surface area contributed by atoms with Crippen LogP contribution in [0.5, 0.6) is 0 Å². The first-order chi connectivity index (χ1) is 25.6. The zero-order valence-electron chi connectivity index (χ0n) is 31.9. The standard InChI is InChI=1S/C26H31NO4.C19H19NO3/c1-6-31-24(30)26(5)17-21(27(23(26)29)22(28)25(2,3)4)16-18-12-14-20(15-13-18)19-10-8-7-9-11-19;1-19(18(22)23)12-16(20-17(19)21)11-13-7-9-15(10-8-13)14-5-3-2-4-6-14/h7-15,21H,6,16-17H2,1-5H3;2-10,16H,11-12H2,1H3,(H,20,21)(H,22,23)/t21-,26?;16-,19?/m11/s1. The Kier molecular flexibility index (Phi) is 11.9. The third kappa shape index (κ3) is 8.62. The number of benzene rings is 4. The van der Waals surface area contributed by atoms with E-state index in [0.717, 1.165) is 33.4 Å². The Morgan fingerprint density at radius 1 is 0.722 bits per heavy atom. The van der Waals surface area contributed by atoms with Gasteiger partial charge in [0.15, 0.2) is 0 Å². The number of hydrogen-bond acceptors (Lipinski definition) is 6. The number of aliphatic carboxylic acids is 1. The van der Waals surface area contributed by atoms with Crippen LogP contribution in [0.4, 0.5) is 0 Å². The predicted molar refractivity (Wildman–Crippen MR) is 208 cm³/mol. The van der Waals surface area contributed by atoms with E-state index in [1.807, 2.05) is 72.8 Å². The van der Waals surface area contributed by atoms with Gasteiger partial charge in [-0.05, 0) is 79.8 Å². The number of hydrogen-bond donors (Lipinski definition) is 2. The van der Waals surface area contributed by atoms with Crippen LogP contribution in [0.15, 0.2) is 109 Å². The van der Waals surface area contributed by atoms with Crippen LogP contribution in [-0.2, 0) is 41.6 Å². The molecule has 0 saturated carbocycles. The summed E-state index contributed by atoms with van der Waals surface area (Å²) in [5.74, 6) is -2.74. The molecule has 4 atom stereocenters. The van der Waals surface area contributed by atoms with E-state index in [1.54, 1.807) is 34.6 Å². The molecule has 2 saturated heterocycles. The smallest absolute Gasteiger partial charge is 0.321 e. The van der Waals surface area contributed by atoms with Gasteiger partial charge in [0.2, 0.25) is 17.7 Å². The van der Waals surface area contributed by atoms with Crippen molar-refractivity contribution in [3.05, 3.63) is 120 Å². The lowest BCUT2D eigenvalue weighted by Crippen LogP contribution is -2.48. The molecule has 282 valence electrons. The van der Waals surface area contributed by atoms with Gasteiger partial charge in [0.05, 0.1) is 6.61 Å². The molecular weight excluding hydrogens is 681 g/mol. The van der Waals surface area contributed by atoms with E-state index in [-0.39, 0.29) is 25.0 Å². The Labute approximate surface area is 317 Å². The number of carbonyl (C=O) groups is 5. The van der Waals surface area contributed by atoms with Crippen LogP contribution in [0.3, 0.4) is 0 Å². The lowest BCUT2D eigenvalue weighted by Gasteiger charge is -2.29. The number of ether oxygens (including phenoxy) is 1. The fraction of sp³-hybridized carbons (Fsp3) is 0.356. The number of nitrogens with zero attached hydrogens (tertiary/aromatic N) is 1. The molecule has 0 aliphatic carbocycles. The number of likely N-dealkylation sites (tertiary alicyclic amines) is 1. The molecule has 2 aliphatic rings. The molecule has 2 fully saturated rings. The topological polar surface area (TPSA) is 130 Å². The van der Waals surface area contributed by atoms with Crippen molar-refractivity contribution in [3.63, 3.8) is 0 Å². The predicted octanol–water partition coefficient (Wildman–Crippen LogP) is 7.51. The van der Waals surface area contributed by atoms with Crippen molar-refractivity contribution in [1.29, 1.82) is 0 Å². The number of nitrogens with one attached hydrogen (secondary N) is 1. The van der Waals surface area contributed by atoms with Crippen LogP contribution in [-0.4, -0.2) is 58.4 Å². The van der Waals surface area contributed by atoms with Crippen molar-refractivity contribution in [2.75, 3.05) is 6.61 Å². The molecule has 2 unspecified atom stereocenters. The Morgan fingerprint density at radius 3 is 1.61 bits per heavy atom. The lowest BCUT2D eigenvalue weighted by atomic mass is 9.86. The second kappa shape index (κ2) is 16.2. The first-order valence-electron chi connectivity index (χ1n) is 18.4. The molecule has 0 spiro atoms. The van der Waals surface area contributed by atoms with Crippen LogP contribution in [0.2, 0.25) is 0 Å². The maximum absolute atomic E-state index is 13.3. The molecule has 54 heavy (non-hydrogen) atoms. The highest BCUT2D eigenvalue weighted by Crippen LogP contribution is 2.41. The largest absolute Gasteiger partial charge is 0.480 e. The summed E-state index contributed by atoms with van der Waals surface area (Å²) in [7, 11) is 0. The highest BCUT2D eigenvalue weighted by atomic mass is 16.5.